The summed E-state index contributed by atoms with van der Waals surface area (Å²) in [6.45, 7) is 16.1. The van der Waals surface area contributed by atoms with Gasteiger partial charge in [0.05, 0.1) is 11.5 Å². The van der Waals surface area contributed by atoms with Gasteiger partial charge in [-0.25, -0.2) is 14.4 Å². The van der Waals surface area contributed by atoms with Crippen LogP contribution >= 0.6 is 12.6 Å². The summed E-state index contributed by atoms with van der Waals surface area (Å²) < 4.78 is 23.4. The molecule has 0 unspecified atom stereocenters. The molecule has 0 bridgehead atoms. The Labute approximate surface area is 400 Å². The molecule has 4 saturated carbocycles. The van der Waals surface area contributed by atoms with Gasteiger partial charge in [-0.05, 0) is 110 Å². The highest BCUT2D eigenvalue weighted by Crippen LogP contribution is 2.75. The number of allylic oxidation sites excluding steroid dienone is 2. The number of hydrogen-bond acceptors (Lipinski definition) is 16. The molecule has 0 aromatic carbocycles. The summed E-state index contributed by atoms with van der Waals surface area (Å²) in [5.41, 5.74) is -1.81. The average Bonchev–Trinajstić information content (AvgIpc) is 3.24. The van der Waals surface area contributed by atoms with Crippen molar-refractivity contribution in [2.45, 2.75) is 187 Å². The van der Waals surface area contributed by atoms with E-state index in [2.05, 4.69) is 45.6 Å². The minimum absolute atomic E-state index is 0.0217. The quantitative estimate of drug-likeness (QED) is 0.110. The Morgan fingerprint density at radius 2 is 1.32 bits per heavy atom. The molecule has 2 saturated heterocycles. The maximum absolute atomic E-state index is 14.8. The van der Waals surface area contributed by atoms with E-state index < -0.39 is 119 Å². The Kier molecular flexibility index (Phi) is 15.2. The molecule has 384 valence electrons. The number of amides is 1. The lowest BCUT2D eigenvalue weighted by Gasteiger charge is -2.70. The van der Waals surface area contributed by atoms with E-state index in [1.165, 1.54) is 6.92 Å². The molecule has 0 spiro atoms. The highest BCUT2D eigenvalue weighted by atomic mass is 32.1. The number of ketones is 1. The minimum Gasteiger partial charge on any atom is -0.481 e. The van der Waals surface area contributed by atoms with Crippen LogP contribution in [0.1, 0.15) is 113 Å². The van der Waals surface area contributed by atoms with E-state index in [9.17, 15) is 69.6 Å². The van der Waals surface area contributed by atoms with Gasteiger partial charge in [-0.2, -0.15) is 12.6 Å². The van der Waals surface area contributed by atoms with Gasteiger partial charge in [0.1, 0.15) is 42.7 Å². The van der Waals surface area contributed by atoms with Gasteiger partial charge in [-0.15, -0.1) is 0 Å². The van der Waals surface area contributed by atoms with Gasteiger partial charge in [0.25, 0.3) is 0 Å². The van der Waals surface area contributed by atoms with Crippen molar-refractivity contribution in [2.75, 3.05) is 5.75 Å². The summed E-state index contributed by atoms with van der Waals surface area (Å²) in [6.07, 6.45) is -12.2. The number of carbonyl (C=O) groups excluding carboxylic acids is 2. The molecular weight excluding hydrogens is 915 g/mol. The fourth-order valence-corrected chi connectivity index (χ4v) is 14.0. The number of thiol groups is 1. The predicted molar refractivity (Wildman–Crippen MR) is 239 cm³/mol. The van der Waals surface area contributed by atoms with Crippen molar-refractivity contribution in [3.05, 3.63) is 11.6 Å². The molecule has 0 radical (unpaired) electrons. The maximum atomic E-state index is 14.8. The molecule has 5 aliphatic carbocycles. The first-order valence-corrected chi connectivity index (χ1v) is 24.1. The summed E-state index contributed by atoms with van der Waals surface area (Å²) in [5, 5.41) is 93.6. The van der Waals surface area contributed by atoms with Crippen LogP contribution in [0.5, 0.6) is 0 Å². The Hall–Kier alpha value is -3.25. The van der Waals surface area contributed by atoms with Crippen molar-refractivity contribution in [2.24, 2.45) is 50.2 Å². The minimum atomic E-state index is -2.05. The topological polar surface area (TPSA) is 333 Å². The third kappa shape index (κ3) is 9.03. The van der Waals surface area contributed by atoms with Crippen molar-refractivity contribution in [3.8, 4) is 0 Å². The van der Waals surface area contributed by atoms with Crippen LogP contribution in [0.25, 0.3) is 0 Å². The van der Waals surface area contributed by atoms with Crippen LogP contribution in [0.2, 0.25) is 0 Å². The zero-order chi connectivity index (χ0) is 51.0. The van der Waals surface area contributed by atoms with Gasteiger partial charge in [0, 0.05) is 18.6 Å². The molecule has 21 heteroatoms. The van der Waals surface area contributed by atoms with E-state index in [1.54, 1.807) is 0 Å². The Bertz CT molecular complexity index is 2030. The molecule has 2 aliphatic heterocycles. The number of carboxylic acid groups (broad SMARTS) is 4. The van der Waals surface area contributed by atoms with Gasteiger partial charge in [-0.3, -0.25) is 14.4 Å². The highest BCUT2D eigenvalue weighted by Gasteiger charge is 2.71. The van der Waals surface area contributed by atoms with Crippen molar-refractivity contribution in [1.29, 1.82) is 0 Å². The second kappa shape index (κ2) is 19.1. The number of aliphatic carboxylic acids is 4. The number of fused-ring (bicyclic) bond motifs is 7. The molecular formula is C47H71NO19S. The number of nitrogens with one attached hydrogen (secondary N) is 1. The van der Waals surface area contributed by atoms with E-state index in [4.69, 9.17) is 24.1 Å². The molecule has 0 aromatic rings. The first-order valence-electron chi connectivity index (χ1n) is 23.4. The van der Waals surface area contributed by atoms with Gasteiger partial charge in [0.2, 0.25) is 5.91 Å². The molecule has 10 N–H and O–H groups in total. The molecule has 0 aromatic heterocycles. The maximum Gasteiger partial charge on any atom is 0.335 e. The van der Waals surface area contributed by atoms with Crippen LogP contribution in [-0.4, -0.2) is 161 Å². The van der Waals surface area contributed by atoms with Crippen LogP contribution in [0.15, 0.2) is 11.6 Å². The number of aliphatic hydroxyl groups excluding tert-OH is 5. The lowest BCUT2D eigenvalue weighted by Crippen LogP contribution is -2.68. The molecule has 6 fully saturated rings. The van der Waals surface area contributed by atoms with E-state index >= 15 is 0 Å². The average molecular weight is 986 g/mol. The normalized spacial score (nSPS) is 46.6. The van der Waals surface area contributed by atoms with Crippen LogP contribution in [0.3, 0.4) is 0 Å². The lowest BCUT2D eigenvalue weighted by molar-refractivity contribution is -0.371. The molecule has 20 nitrogen and oxygen atoms in total. The SMILES string of the molecule is CC(=O)N[C@@H](CS)C(=O)O.CC1(C)[C@@H](O[C@H]2O[C@H](C(=O)O)[C@@H](O)[C@H](O)[C@H]2O[C@@H]2O[C@H](C(=O)O)[C@@H](O)[C@H](O)[C@H]2O)CC[C@]2(C)[C@H]3C(=O)C=C4[C@@H]5C[C@@](C)(C(=O)O)CC[C@]5(C)CC[C@@]4(C)[C@]3(C)CC[C@@H]12. The van der Waals surface area contributed by atoms with Gasteiger partial charge < -0.3 is 70.2 Å². The lowest BCUT2D eigenvalue weighted by atomic mass is 9.33. The van der Waals surface area contributed by atoms with E-state index in [1.807, 2.05) is 26.8 Å². The third-order valence-electron chi connectivity index (χ3n) is 18.1. The van der Waals surface area contributed by atoms with Crippen LogP contribution < -0.4 is 5.32 Å². The molecule has 2 heterocycles. The number of rotatable bonds is 10. The van der Waals surface area contributed by atoms with Crippen molar-refractivity contribution in [1.82, 2.24) is 5.32 Å². The van der Waals surface area contributed by atoms with Crippen LogP contribution in [-0.2, 0) is 47.7 Å². The summed E-state index contributed by atoms with van der Waals surface area (Å²) in [6, 6.07) is -0.874. The van der Waals surface area contributed by atoms with Crippen LogP contribution in [0.4, 0.5) is 0 Å². The van der Waals surface area contributed by atoms with Crippen LogP contribution in [0, 0.1) is 50.2 Å². The fourth-order valence-electron chi connectivity index (χ4n) is 13.8. The Balaban J connectivity index is 0.000000684. The monoisotopic (exact) mass is 985 g/mol. The number of aliphatic hydroxyl groups is 5. The Morgan fingerprint density at radius 3 is 1.85 bits per heavy atom. The zero-order valence-electron chi connectivity index (χ0n) is 39.9. The summed E-state index contributed by atoms with van der Waals surface area (Å²) in [4.78, 5) is 71.8. The molecule has 7 aliphatic rings. The smallest absolute Gasteiger partial charge is 0.335 e. The van der Waals surface area contributed by atoms with Crippen molar-refractivity contribution >= 4 is 48.2 Å². The molecule has 1 amide bonds. The standard InChI is InChI=1S/C42H62O16.C5H9NO3S/c1-37(2)21-8-11-42(7)31(20(43)16-18-19-17-39(4,36(53)54)13-12-38(19,3)14-15-41(18,42)6)40(21,5)10-9-22(37)55-35-30(26(47)25(46)29(57-35)33(51)52)58-34-27(48)23(44)24(45)28(56-34)32(49)50;1-3(7)6-4(2-10)5(8)9/h16,19,21-31,34-35,44-48H,8-15,17H2,1-7H3,(H,49,50)(H,51,52)(H,53,54);4,10H,2H2,1H3,(H,6,7)(H,8,9)/t19-,21-,22-,23-,24-,25-,26-,27+,28-,29-,30+,31+,34-,35-,38+,39-,40-,41+,42+;4-/m00/s1. The Morgan fingerprint density at radius 1 is 0.750 bits per heavy atom. The molecule has 20 atom stereocenters. The van der Waals surface area contributed by atoms with Gasteiger partial charge in [-0.1, -0.05) is 47.1 Å². The zero-order valence-corrected chi connectivity index (χ0v) is 40.8. The van der Waals surface area contributed by atoms with Gasteiger partial charge >= 0.3 is 23.9 Å². The second-order valence-corrected chi connectivity index (χ2v) is 22.8. The second-order valence-electron chi connectivity index (χ2n) is 22.4. The van der Waals surface area contributed by atoms with Crippen molar-refractivity contribution in [3.63, 3.8) is 0 Å². The molecule has 7 rings (SSSR count). The first kappa shape index (κ1) is 54.1. The summed E-state index contributed by atoms with van der Waals surface area (Å²) in [7, 11) is 0. The van der Waals surface area contributed by atoms with E-state index in [0.717, 1.165) is 37.7 Å². The summed E-state index contributed by atoms with van der Waals surface area (Å²) in [5.74, 6) is -5.79. The van der Waals surface area contributed by atoms with Crippen molar-refractivity contribution < 1.29 is 93.7 Å². The van der Waals surface area contributed by atoms with Gasteiger partial charge in [0.15, 0.2) is 30.6 Å². The number of ether oxygens (including phenoxy) is 4. The fraction of sp³-hybridized carbons (Fsp3) is 0.830. The largest absolute Gasteiger partial charge is 0.481 e. The predicted octanol–water partition coefficient (Wildman–Crippen LogP) is 1.75. The number of carboxylic acids is 4. The third-order valence-corrected chi connectivity index (χ3v) is 18.4. The highest BCUT2D eigenvalue weighted by molar-refractivity contribution is 7.80. The summed E-state index contributed by atoms with van der Waals surface area (Å²) >= 11 is 3.73. The van der Waals surface area contributed by atoms with E-state index in [-0.39, 0.29) is 46.0 Å². The van der Waals surface area contributed by atoms with E-state index in [0.29, 0.717) is 25.7 Å². The number of hydrogen-bond donors (Lipinski definition) is 11. The first-order chi connectivity index (χ1) is 31.3. The molecule has 68 heavy (non-hydrogen) atoms. The number of carbonyl (C=O) groups is 6.